The van der Waals surface area contributed by atoms with E-state index in [1.807, 2.05) is 0 Å². The van der Waals surface area contributed by atoms with Crippen molar-refractivity contribution in [3.05, 3.63) is 35.3 Å². The number of benzene rings is 1. The number of halogens is 1. The Morgan fingerprint density at radius 1 is 1.41 bits per heavy atom. The van der Waals surface area contributed by atoms with Gasteiger partial charge in [0, 0.05) is 25.5 Å². The summed E-state index contributed by atoms with van der Waals surface area (Å²) < 4.78 is 13.9. The van der Waals surface area contributed by atoms with E-state index in [-0.39, 0.29) is 5.91 Å². The minimum Gasteiger partial charge on any atom is -0.428 e. The van der Waals surface area contributed by atoms with Crippen LogP contribution < -0.4 is 0 Å². The first kappa shape index (κ1) is 11.4. The van der Waals surface area contributed by atoms with E-state index in [2.05, 4.69) is 0 Å². The molecule has 0 radical (unpaired) electrons. The van der Waals surface area contributed by atoms with Crippen molar-refractivity contribution in [2.45, 2.75) is 6.92 Å². The molecule has 0 aliphatic rings. The van der Waals surface area contributed by atoms with Gasteiger partial charge in [-0.2, -0.15) is 4.73 Å². The van der Waals surface area contributed by atoms with Crippen molar-refractivity contribution in [1.29, 1.82) is 0 Å². The van der Waals surface area contributed by atoms with Crippen molar-refractivity contribution < 1.29 is 14.4 Å². The van der Waals surface area contributed by atoms with Gasteiger partial charge in [-0.15, -0.1) is 0 Å². The number of rotatable bonds is 1. The molecule has 4 nitrogen and oxygen atoms in total. The maximum Gasteiger partial charge on any atom is 0.255 e. The average molecular weight is 236 g/mol. The molecule has 17 heavy (non-hydrogen) atoms. The molecule has 1 aromatic heterocycles. The number of hydrogen-bond donors (Lipinski definition) is 1. The van der Waals surface area contributed by atoms with Gasteiger partial charge in [-0.25, -0.2) is 4.39 Å². The van der Waals surface area contributed by atoms with Crippen LogP contribution in [0.5, 0.6) is 0 Å². The fourth-order valence-electron chi connectivity index (χ4n) is 1.87. The lowest BCUT2D eigenvalue weighted by molar-refractivity contribution is 0.0825. The molecule has 0 aliphatic carbocycles. The molecule has 0 atom stereocenters. The zero-order chi connectivity index (χ0) is 12.7. The molecule has 0 saturated heterocycles. The highest BCUT2D eigenvalue weighted by atomic mass is 19.1. The third kappa shape index (κ3) is 1.63. The Labute approximate surface area is 97.8 Å². The van der Waals surface area contributed by atoms with Crippen LogP contribution in [-0.4, -0.2) is 34.8 Å². The summed E-state index contributed by atoms with van der Waals surface area (Å²) in [5.41, 5.74) is 1.10. The van der Waals surface area contributed by atoms with Crippen molar-refractivity contribution in [3.63, 3.8) is 0 Å². The molecule has 5 heteroatoms. The smallest absolute Gasteiger partial charge is 0.255 e. The van der Waals surface area contributed by atoms with Crippen LogP contribution in [0.1, 0.15) is 16.1 Å². The van der Waals surface area contributed by atoms with Crippen molar-refractivity contribution in [3.8, 4) is 0 Å². The van der Waals surface area contributed by atoms with Crippen molar-refractivity contribution in [1.82, 2.24) is 9.63 Å². The van der Waals surface area contributed by atoms with Gasteiger partial charge in [-0.1, -0.05) is 0 Å². The summed E-state index contributed by atoms with van der Waals surface area (Å²) >= 11 is 0. The van der Waals surface area contributed by atoms with Gasteiger partial charge >= 0.3 is 0 Å². The minimum absolute atomic E-state index is 0.216. The molecule has 2 aromatic rings. The van der Waals surface area contributed by atoms with Crippen molar-refractivity contribution in [2.24, 2.45) is 0 Å². The quantitative estimate of drug-likeness (QED) is 0.770. The molecule has 1 aromatic carbocycles. The summed E-state index contributed by atoms with van der Waals surface area (Å²) in [7, 11) is 3.26. The molecule has 2 rings (SSSR count). The van der Waals surface area contributed by atoms with Gasteiger partial charge in [0.2, 0.25) is 0 Å². The fourth-order valence-corrected chi connectivity index (χ4v) is 1.87. The Balaban J connectivity index is 2.80. The Morgan fingerprint density at radius 2 is 2.06 bits per heavy atom. The third-order valence-electron chi connectivity index (χ3n) is 2.76. The molecule has 0 saturated carbocycles. The molecule has 0 unspecified atom stereocenters. The molecule has 90 valence electrons. The lowest BCUT2D eigenvalue weighted by Crippen LogP contribution is -2.22. The first-order chi connectivity index (χ1) is 7.93. The first-order valence-corrected chi connectivity index (χ1v) is 5.15. The molecule has 0 aliphatic heterocycles. The standard InChI is InChI=1S/C12H13FN2O2/c1-7-11(12(16)14(2)3)9-5-4-8(13)6-10(9)15(7)17/h4-6,17H,1-3H3. The highest BCUT2D eigenvalue weighted by molar-refractivity contribution is 6.08. The summed E-state index contributed by atoms with van der Waals surface area (Å²) in [6.45, 7) is 1.62. The normalized spacial score (nSPS) is 10.8. The van der Waals surface area contributed by atoms with Crippen LogP contribution in [0.15, 0.2) is 18.2 Å². The molecule has 1 amide bonds. The highest BCUT2D eigenvalue weighted by Gasteiger charge is 2.21. The lowest BCUT2D eigenvalue weighted by atomic mass is 10.1. The maximum atomic E-state index is 13.1. The minimum atomic E-state index is -0.450. The van der Waals surface area contributed by atoms with Crippen LogP contribution >= 0.6 is 0 Å². The number of amides is 1. The molecule has 1 heterocycles. The van der Waals surface area contributed by atoms with Gasteiger partial charge in [0.15, 0.2) is 0 Å². The summed E-state index contributed by atoms with van der Waals surface area (Å²) in [5, 5.41) is 10.4. The zero-order valence-corrected chi connectivity index (χ0v) is 9.86. The predicted octanol–water partition coefficient (Wildman–Crippen LogP) is 2.03. The van der Waals surface area contributed by atoms with Gasteiger partial charge in [0.1, 0.15) is 5.82 Å². The van der Waals surface area contributed by atoms with Crippen molar-refractivity contribution in [2.75, 3.05) is 14.1 Å². The number of fused-ring (bicyclic) bond motifs is 1. The van der Waals surface area contributed by atoms with Gasteiger partial charge in [0.25, 0.3) is 5.91 Å². The molecule has 0 spiro atoms. The van der Waals surface area contributed by atoms with E-state index in [0.29, 0.717) is 22.2 Å². The molecular formula is C12H13FN2O2. The summed E-state index contributed by atoms with van der Waals surface area (Å²) in [4.78, 5) is 13.4. The van der Waals surface area contributed by atoms with E-state index in [1.54, 1.807) is 21.0 Å². The van der Waals surface area contributed by atoms with E-state index < -0.39 is 5.82 Å². The Bertz CT molecular complexity index is 602. The molecule has 1 N–H and O–H groups in total. The van der Waals surface area contributed by atoms with E-state index >= 15 is 0 Å². The monoisotopic (exact) mass is 236 g/mol. The zero-order valence-electron chi connectivity index (χ0n) is 9.86. The molecule has 0 fully saturated rings. The lowest BCUT2D eigenvalue weighted by Gasteiger charge is -2.10. The summed E-state index contributed by atoms with van der Waals surface area (Å²) in [5.74, 6) is -0.666. The number of aromatic nitrogens is 1. The SMILES string of the molecule is Cc1c(C(=O)N(C)C)c2ccc(F)cc2n1O. The number of hydrogen-bond acceptors (Lipinski definition) is 2. The number of carbonyl (C=O) groups is 1. The maximum absolute atomic E-state index is 13.1. The van der Waals surface area contributed by atoms with Crippen LogP contribution in [0.3, 0.4) is 0 Å². The topological polar surface area (TPSA) is 45.5 Å². The van der Waals surface area contributed by atoms with Gasteiger partial charge in [-0.3, -0.25) is 4.79 Å². The second-order valence-corrected chi connectivity index (χ2v) is 4.13. The van der Waals surface area contributed by atoms with Crippen molar-refractivity contribution >= 4 is 16.8 Å². The number of nitrogens with zero attached hydrogens (tertiary/aromatic N) is 2. The largest absolute Gasteiger partial charge is 0.428 e. The fraction of sp³-hybridized carbons (Fsp3) is 0.250. The number of carbonyl (C=O) groups excluding carboxylic acids is 1. The Hall–Kier alpha value is -2.04. The van der Waals surface area contributed by atoms with E-state index in [1.165, 1.54) is 23.1 Å². The van der Waals surface area contributed by atoms with E-state index in [9.17, 15) is 14.4 Å². The summed E-state index contributed by atoms with van der Waals surface area (Å²) in [6, 6.07) is 3.98. The Kier molecular flexibility index (Phi) is 2.53. The van der Waals surface area contributed by atoms with Gasteiger partial charge in [-0.05, 0) is 19.1 Å². The molecular weight excluding hydrogens is 223 g/mol. The molecule has 0 bridgehead atoms. The first-order valence-electron chi connectivity index (χ1n) is 5.15. The van der Waals surface area contributed by atoms with Crippen LogP contribution in [0, 0.1) is 12.7 Å². The van der Waals surface area contributed by atoms with Crippen LogP contribution in [0.2, 0.25) is 0 Å². The van der Waals surface area contributed by atoms with E-state index in [0.717, 1.165) is 4.73 Å². The second kappa shape index (κ2) is 3.76. The summed E-state index contributed by atoms with van der Waals surface area (Å²) in [6.07, 6.45) is 0. The van der Waals surface area contributed by atoms with Gasteiger partial charge < -0.3 is 10.1 Å². The second-order valence-electron chi connectivity index (χ2n) is 4.13. The predicted molar refractivity (Wildman–Crippen MR) is 61.8 cm³/mol. The van der Waals surface area contributed by atoms with Crippen LogP contribution in [0.25, 0.3) is 10.9 Å². The van der Waals surface area contributed by atoms with Gasteiger partial charge in [0.05, 0.1) is 16.8 Å². The highest BCUT2D eigenvalue weighted by Crippen LogP contribution is 2.26. The van der Waals surface area contributed by atoms with Crippen LogP contribution in [-0.2, 0) is 0 Å². The van der Waals surface area contributed by atoms with Crippen LogP contribution in [0.4, 0.5) is 4.39 Å². The third-order valence-corrected chi connectivity index (χ3v) is 2.76. The van der Waals surface area contributed by atoms with E-state index in [4.69, 9.17) is 0 Å². The average Bonchev–Trinajstić information content (AvgIpc) is 2.51. The Morgan fingerprint density at radius 3 is 2.65 bits per heavy atom.